The van der Waals surface area contributed by atoms with E-state index >= 15 is 0 Å². The van der Waals surface area contributed by atoms with Crippen LogP contribution in [0.3, 0.4) is 0 Å². The maximum absolute atomic E-state index is 11.6. The maximum atomic E-state index is 11.6. The number of ketones is 2. The summed E-state index contributed by atoms with van der Waals surface area (Å²) >= 11 is 0. The molecular weight excluding hydrogens is 296 g/mol. The van der Waals surface area contributed by atoms with Crippen LogP contribution in [0.1, 0.15) is 59.8 Å². The summed E-state index contributed by atoms with van der Waals surface area (Å²) in [5, 5.41) is 5.07. The Bertz CT molecular complexity index is 417. The molecule has 0 aromatic carbocycles. The number of amides is 2. The molecule has 0 radical (unpaired) electrons. The van der Waals surface area contributed by atoms with Gasteiger partial charge in [-0.15, -0.1) is 0 Å². The van der Waals surface area contributed by atoms with E-state index in [1.807, 2.05) is 27.7 Å². The van der Waals surface area contributed by atoms with Gasteiger partial charge in [-0.1, -0.05) is 27.7 Å². The molecule has 0 rings (SSSR count). The van der Waals surface area contributed by atoms with Crippen molar-refractivity contribution in [3.05, 3.63) is 0 Å². The number of carbonyl (C=O) groups excluding carboxylic acids is 4. The maximum Gasteiger partial charge on any atom is 0.220 e. The van der Waals surface area contributed by atoms with Crippen LogP contribution in [0.2, 0.25) is 0 Å². The Balaban J connectivity index is 3.78. The smallest absolute Gasteiger partial charge is 0.220 e. The summed E-state index contributed by atoms with van der Waals surface area (Å²) in [6.07, 6.45) is 1.75. The minimum Gasteiger partial charge on any atom is -0.349 e. The Morgan fingerprint density at radius 2 is 1.22 bits per heavy atom. The van der Waals surface area contributed by atoms with Crippen LogP contribution in [-0.2, 0) is 19.2 Å². The largest absolute Gasteiger partial charge is 0.349 e. The summed E-state index contributed by atoms with van der Waals surface area (Å²) in [5.74, 6) is 0.0308. The molecule has 0 atom stereocenters. The van der Waals surface area contributed by atoms with Gasteiger partial charge in [0.05, 0.1) is 13.1 Å². The van der Waals surface area contributed by atoms with Crippen LogP contribution >= 0.6 is 0 Å². The minimum absolute atomic E-state index is 0.000625. The first kappa shape index (κ1) is 21.3. The van der Waals surface area contributed by atoms with Crippen molar-refractivity contribution in [2.24, 2.45) is 11.8 Å². The molecule has 23 heavy (non-hydrogen) atoms. The number of hydrogen-bond acceptors (Lipinski definition) is 4. The molecule has 0 aliphatic heterocycles. The predicted molar refractivity (Wildman–Crippen MR) is 88.8 cm³/mol. The Morgan fingerprint density at radius 3 is 1.74 bits per heavy atom. The molecule has 0 spiro atoms. The van der Waals surface area contributed by atoms with Crippen LogP contribution in [0.25, 0.3) is 0 Å². The first-order valence-corrected chi connectivity index (χ1v) is 8.27. The second-order valence-corrected chi connectivity index (χ2v) is 6.66. The van der Waals surface area contributed by atoms with Crippen LogP contribution in [0.5, 0.6) is 0 Å². The Labute approximate surface area is 138 Å². The lowest BCUT2D eigenvalue weighted by molar-refractivity contribution is -0.128. The zero-order chi connectivity index (χ0) is 17.8. The van der Waals surface area contributed by atoms with E-state index in [4.69, 9.17) is 0 Å². The average molecular weight is 326 g/mol. The molecule has 0 aromatic rings. The van der Waals surface area contributed by atoms with Crippen LogP contribution in [0, 0.1) is 11.8 Å². The van der Waals surface area contributed by atoms with Crippen molar-refractivity contribution in [1.82, 2.24) is 10.6 Å². The third kappa shape index (κ3) is 13.7. The topological polar surface area (TPSA) is 92.3 Å². The van der Waals surface area contributed by atoms with Gasteiger partial charge in [0.1, 0.15) is 0 Å². The van der Waals surface area contributed by atoms with Gasteiger partial charge in [0, 0.05) is 25.7 Å². The highest BCUT2D eigenvalue weighted by Gasteiger charge is 2.11. The second kappa shape index (κ2) is 11.8. The van der Waals surface area contributed by atoms with E-state index in [9.17, 15) is 19.2 Å². The van der Waals surface area contributed by atoms with Crippen molar-refractivity contribution in [3.8, 4) is 0 Å². The molecule has 6 heteroatoms. The molecule has 2 N–H and O–H groups in total. The quantitative estimate of drug-likeness (QED) is 0.570. The molecule has 0 unspecified atom stereocenters. The van der Waals surface area contributed by atoms with Crippen molar-refractivity contribution in [3.63, 3.8) is 0 Å². The lowest BCUT2D eigenvalue weighted by Gasteiger charge is -2.07. The van der Waals surface area contributed by atoms with E-state index < -0.39 is 0 Å². The molecule has 2 amide bonds. The molecule has 0 heterocycles. The van der Waals surface area contributed by atoms with E-state index in [0.717, 1.165) is 6.42 Å². The highest BCUT2D eigenvalue weighted by molar-refractivity contribution is 5.90. The zero-order valence-corrected chi connectivity index (χ0v) is 14.7. The van der Waals surface area contributed by atoms with Gasteiger partial charge in [0.25, 0.3) is 0 Å². The van der Waals surface area contributed by atoms with Gasteiger partial charge in [0.2, 0.25) is 11.8 Å². The molecule has 0 fully saturated rings. The van der Waals surface area contributed by atoms with E-state index in [1.54, 1.807) is 0 Å². The van der Waals surface area contributed by atoms with Gasteiger partial charge in [-0.25, -0.2) is 0 Å². The summed E-state index contributed by atoms with van der Waals surface area (Å²) < 4.78 is 0. The third-order valence-electron chi connectivity index (χ3n) is 3.19. The van der Waals surface area contributed by atoms with Crippen LogP contribution in [0.4, 0.5) is 0 Å². The Morgan fingerprint density at radius 1 is 0.696 bits per heavy atom. The van der Waals surface area contributed by atoms with Crippen molar-refractivity contribution >= 4 is 23.4 Å². The zero-order valence-electron chi connectivity index (χ0n) is 14.7. The number of carbonyl (C=O) groups is 4. The summed E-state index contributed by atoms with van der Waals surface area (Å²) in [6.45, 7) is 7.90. The lowest BCUT2D eigenvalue weighted by Crippen LogP contribution is -2.32. The Kier molecular flexibility index (Phi) is 10.9. The molecule has 132 valence electrons. The van der Waals surface area contributed by atoms with Gasteiger partial charge < -0.3 is 10.6 Å². The second-order valence-electron chi connectivity index (χ2n) is 6.66. The van der Waals surface area contributed by atoms with Crippen LogP contribution in [0.15, 0.2) is 0 Å². The summed E-state index contributed by atoms with van der Waals surface area (Å²) in [5.41, 5.74) is 0. The van der Waals surface area contributed by atoms with Crippen molar-refractivity contribution in [1.29, 1.82) is 0 Å². The summed E-state index contributed by atoms with van der Waals surface area (Å²) in [6, 6.07) is 0. The summed E-state index contributed by atoms with van der Waals surface area (Å²) in [4.78, 5) is 46.1. The highest BCUT2D eigenvalue weighted by atomic mass is 16.2. The first-order valence-electron chi connectivity index (χ1n) is 8.27. The molecule has 0 saturated heterocycles. The molecule has 0 saturated carbocycles. The van der Waals surface area contributed by atoms with Crippen LogP contribution < -0.4 is 10.6 Å². The van der Waals surface area contributed by atoms with Gasteiger partial charge in [-0.2, -0.15) is 0 Å². The van der Waals surface area contributed by atoms with E-state index in [2.05, 4.69) is 10.6 Å². The van der Waals surface area contributed by atoms with E-state index in [-0.39, 0.29) is 55.2 Å². The third-order valence-corrected chi connectivity index (χ3v) is 3.19. The normalized spacial score (nSPS) is 10.7. The standard InChI is InChI=1S/C17H30N2O4/c1-12(2)5-6-14(20)10-18-16(22)8-7-15(21)11-19-17(23)9-13(3)4/h12-13H,5-11H2,1-4H3,(H,18,22)(H,19,23). The molecular formula is C17H30N2O4. The fourth-order valence-corrected chi connectivity index (χ4v) is 1.81. The van der Waals surface area contributed by atoms with Crippen LogP contribution in [-0.4, -0.2) is 36.5 Å². The number of hydrogen-bond donors (Lipinski definition) is 2. The Hall–Kier alpha value is -1.72. The SMILES string of the molecule is CC(C)CCC(=O)CNC(=O)CCC(=O)CNC(=O)CC(C)C. The fraction of sp³-hybridized carbons (Fsp3) is 0.765. The molecule has 0 aliphatic carbocycles. The monoisotopic (exact) mass is 326 g/mol. The fourth-order valence-electron chi connectivity index (χ4n) is 1.81. The lowest BCUT2D eigenvalue weighted by atomic mass is 10.1. The van der Waals surface area contributed by atoms with Gasteiger partial charge >= 0.3 is 0 Å². The van der Waals surface area contributed by atoms with Crippen molar-refractivity contribution in [2.75, 3.05) is 13.1 Å². The predicted octanol–water partition coefficient (Wildman–Crippen LogP) is 1.62. The molecule has 0 aromatic heterocycles. The van der Waals surface area contributed by atoms with E-state index in [1.165, 1.54) is 0 Å². The minimum atomic E-state index is -0.315. The van der Waals surface area contributed by atoms with Gasteiger partial charge in [0.15, 0.2) is 11.6 Å². The van der Waals surface area contributed by atoms with Gasteiger partial charge in [-0.05, 0) is 18.3 Å². The molecule has 0 bridgehead atoms. The average Bonchev–Trinajstić information content (AvgIpc) is 2.45. The van der Waals surface area contributed by atoms with Gasteiger partial charge in [-0.3, -0.25) is 19.2 Å². The first-order chi connectivity index (χ1) is 10.7. The number of nitrogens with one attached hydrogen (secondary N) is 2. The highest BCUT2D eigenvalue weighted by Crippen LogP contribution is 2.03. The number of Topliss-reactive ketones (excluding diaryl/α,β-unsaturated/α-hetero) is 2. The molecule has 0 aliphatic rings. The summed E-state index contributed by atoms with van der Waals surface area (Å²) in [7, 11) is 0. The van der Waals surface area contributed by atoms with Crippen molar-refractivity contribution in [2.45, 2.75) is 59.8 Å². The van der Waals surface area contributed by atoms with Crippen molar-refractivity contribution < 1.29 is 19.2 Å². The number of rotatable bonds is 12. The van der Waals surface area contributed by atoms with E-state index in [0.29, 0.717) is 18.8 Å². The molecule has 6 nitrogen and oxygen atoms in total.